The van der Waals surface area contributed by atoms with E-state index < -0.39 is 12.8 Å². The van der Waals surface area contributed by atoms with E-state index in [0.717, 1.165) is 18.7 Å². The first-order chi connectivity index (χ1) is 8.51. The van der Waals surface area contributed by atoms with Crippen LogP contribution < -0.4 is 5.32 Å². The highest BCUT2D eigenvalue weighted by molar-refractivity contribution is 5.10. The molecule has 3 nitrogen and oxygen atoms in total. The third kappa shape index (κ3) is 6.56. The quantitative estimate of drug-likeness (QED) is 0.767. The van der Waals surface area contributed by atoms with Gasteiger partial charge in [0.1, 0.15) is 6.61 Å². The lowest BCUT2D eigenvalue weighted by atomic mass is 10.3. The second-order valence-electron chi connectivity index (χ2n) is 3.91. The molecule has 0 bridgehead atoms. The lowest BCUT2D eigenvalue weighted by Gasteiger charge is -2.08. The molecule has 1 aromatic rings. The molecule has 0 radical (unpaired) electrons. The molecule has 0 saturated carbocycles. The van der Waals surface area contributed by atoms with E-state index in [2.05, 4.69) is 22.0 Å². The van der Waals surface area contributed by atoms with Crippen molar-refractivity contribution in [2.45, 2.75) is 32.7 Å². The number of nitrogens with zero attached hydrogens (tertiary/aromatic N) is 1. The monoisotopic (exact) mass is 262 g/mol. The van der Waals surface area contributed by atoms with Crippen molar-refractivity contribution in [3.63, 3.8) is 0 Å². The summed E-state index contributed by atoms with van der Waals surface area (Å²) in [6.07, 6.45) is -3.27. The van der Waals surface area contributed by atoms with Crippen LogP contribution >= 0.6 is 0 Å². The van der Waals surface area contributed by atoms with Gasteiger partial charge in [0, 0.05) is 6.54 Å². The number of alkyl halides is 3. The summed E-state index contributed by atoms with van der Waals surface area (Å²) >= 11 is 0. The van der Waals surface area contributed by atoms with Crippen molar-refractivity contribution in [1.29, 1.82) is 0 Å². The Morgan fingerprint density at radius 3 is 2.67 bits per heavy atom. The van der Waals surface area contributed by atoms with E-state index in [0.29, 0.717) is 12.2 Å². The highest BCUT2D eigenvalue weighted by Crippen LogP contribution is 2.15. The van der Waals surface area contributed by atoms with Crippen LogP contribution in [0.15, 0.2) is 18.2 Å². The van der Waals surface area contributed by atoms with Crippen molar-refractivity contribution in [3.05, 3.63) is 29.6 Å². The summed E-state index contributed by atoms with van der Waals surface area (Å²) in [5.41, 5.74) is 1.31. The van der Waals surface area contributed by atoms with Gasteiger partial charge in [-0.25, -0.2) is 0 Å². The maximum Gasteiger partial charge on any atom is 0.411 e. The predicted octanol–water partition coefficient (Wildman–Crippen LogP) is 2.66. The third-order valence-electron chi connectivity index (χ3n) is 2.11. The topological polar surface area (TPSA) is 34.1 Å². The van der Waals surface area contributed by atoms with Crippen LogP contribution in [-0.2, 0) is 17.9 Å². The first-order valence-electron chi connectivity index (χ1n) is 5.81. The molecule has 0 aliphatic rings. The van der Waals surface area contributed by atoms with E-state index in [-0.39, 0.29) is 6.61 Å². The van der Waals surface area contributed by atoms with Gasteiger partial charge in [0.25, 0.3) is 0 Å². The second kappa shape index (κ2) is 7.33. The van der Waals surface area contributed by atoms with Gasteiger partial charge in [-0.1, -0.05) is 13.0 Å². The largest absolute Gasteiger partial charge is 0.411 e. The zero-order valence-electron chi connectivity index (χ0n) is 10.3. The Balaban J connectivity index is 2.39. The van der Waals surface area contributed by atoms with E-state index in [1.165, 1.54) is 0 Å². The molecule has 1 aromatic heterocycles. The molecule has 18 heavy (non-hydrogen) atoms. The average Bonchev–Trinajstić information content (AvgIpc) is 2.28. The molecule has 0 atom stereocenters. The molecule has 0 saturated heterocycles. The van der Waals surface area contributed by atoms with Gasteiger partial charge in [-0.3, -0.25) is 4.98 Å². The van der Waals surface area contributed by atoms with Crippen LogP contribution in [0.5, 0.6) is 0 Å². The van der Waals surface area contributed by atoms with Gasteiger partial charge in [0.15, 0.2) is 0 Å². The van der Waals surface area contributed by atoms with Crippen molar-refractivity contribution in [1.82, 2.24) is 10.3 Å². The van der Waals surface area contributed by atoms with E-state index in [1.54, 1.807) is 12.1 Å². The summed E-state index contributed by atoms with van der Waals surface area (Å²) in [6, 6.07) is 5.25. The maximum absolute atomic E-state index is 11.9. The Bertz CT molecular complexity index is 355. The van der Waals surface area contributed by atoms with Gasteiger partial charge in [-0.2, -0.15) is 13.2 Å². The predicted molar refractivity (Wildman–Crippen MR) is 61.9 cm³/mol. The number of halogens is 3. The molecule has 0 aromatic carbocycles. The van der Waals surface area contributed by atoms with Crippen molar-refractivity contribution in [2.24, 2.45) is 0 Å². The van der Waals surface area contributed by atoms with Gasteiger partial charge in [-0.05, 0) is 25.1 Å². The van der Waals surface area contributed by atoms with Crippen molar-refractivity contribution >= 4 is 0 Å². The Labute approximate surface area is 104 Å². The average molecular weight is 262 g/mol. The smallest absolute Gasteiger partial charge is 0.366 e. The van der Waals surface area contributed by atoms with E-state index >= 15 is 0 Å². The highest BCUT2D eigenvalue weighted by Gasteiger charge is 2.27. The molecular formula is C12H17F3N2O. The van der Waals surface area contributed by atoms with Crippen LogP contribution in [0, 0.1) is 0 Å². The standard InChI is InChI=1S/C12H17F3N2O/c1-2-6-16-7-10-4-3-5-11(17-10)8-18-9-12(13,14)15/h3-5,16H,2,6-9H2,1H3. The lowest BCUT2D eigenvalue weighted by molar-refractivity contribution is -0.176. The molecule has 0 aliphatic carbocycles. The number of pyridine rings is 1. The summed E-state index contributed by atoms with van der Waals surface area (Å²) in [6.45, 7) is 2.19. The summed E-state index contributed by atoms with van der Waals surface area (Å²) in [7, 11) is 0. The van der Waals surface area contributed by atoms with Crippen LogP contribution in [0.25, 0.3) is 0 Å². The first-order valence-corrected chi connectivity index (χ1v) is 5.81. The van der Waals surface area contributed by atoms with E-state index in [4.69, 9.17) is 0 Å². The first kappa shape index (κ1) is 14.9. The van der Waals surface area contributed by atoms with Gasteiger partial charge < -0.3 is 10.1 Å². The van der Waals surface area contributed by atoms with Crippen LogP contribution in [0.3, 0.4) is 0 Å². The number of hydrogen-bond donors (Lipinski definition) is 1. The molecule has 0 unspecified atom stereocenters. The van der Waals surface area contributed by atoms with E-state index in [9.17, 15) is 13.2 Å². The molecule has 0 aliphatic heterocycles. The molecular weight excluding hydrogens is 245 g/mol. The van der Waals surface area contributed by atoms with Gasteiger partial charge in [0.2, 0.25) is 0 Å². The second-order valence-corrected chi connectivity index (χ2v) is 3.91. The molecule has 1 rings (SSSR count). The van der Waals surface area contributed by atoms with Crippen LogP contribution in [0.1, 0.15) is 24.7 Å². The van der Waals surface area contributed by atoms with Crippen molar-refractivity contribution in [3.8, 4) is 0 Å². The van der Waals surface area contributed by atoms with Crippen LogP contribution in [-0.4, -0.2) is 24.3 Å². The van der Waals surface area contributed by atoms with Gasteiger partial charge in [-0.15, -0.1) is 0 Å². The Morgan fingerprint density at radius 1 is 1.28 bits per heavy atom. The zero-order chi connectivity index (χ0) is 13.4. The van der Waals surface area contributed by atoms with Crippen LogP contribution in [0.4, 0.5) is 13.2 Å². The number of nitrogens with one attached hydrogen (secondary N) is 1. The Morgan fingerprint density at radius 2 is 2.00 bits per heavy atom. The van der Waals surface area contributed by atoms with Gasteiger partial charge >= 0.3 is 6.18 Å². The van der Waals surface area contributed by atoms with E-state index in [1.807, 2.05) is 6.07 Å². The fraction of sp³-hybridized carbons (Fsp3) is 0.583. The minimum absolute atomic E-state index is 0.124. The van der Waals surface area contributed by atoms with Crippen LogP contribution in [0.2, 0.25) is 0 Å². The molecule has 6 heteroatoms. The zero-order valence-corrected chi connectivity index (χ0v) is 10.3. The summed E-state index contributed by atoms with van der Waals surface area (Å²) in [4.78, 5) is 4.21. The fourth-order valence-corrected chi connectivity index (χ4v) is 1.37. The third-order valence-corrected chi connectivity index (χ3v) is 2.11. The lowest BCUT2D eigenvalue weighted by Crippen LogP contribution is -2.17. The summed E-state index contributed by atoms with van der Waals surface area (Å²) < 4.78 is 40.2. The fourth-order valence-electron chi connectivity index (χ4n) is 1.37. The molecule has 0 fully saturated rings. The minimum atomic E-state index is -4.29. The van der Waals surface area contributed by atoms with Crippen molar-refractivity contribution < 1.29 is 17.9 Å². The Kier molecular flexibility index (Phi) is 6.07. The number of hydrogen-bond acceptors (Lipinski definition) is 3. The normalized spacial score (nSPS) is 11.8. The number of ether oxygens (including phenoxy) is 1. The molecule has 0 spiro atoms. The number of aromatic nitrogens is 1. The maximum atomic E-state index is 11.9. The Hall–Kier alpha value is -1.14. The molecule has 1 N–H and O–H groups in total. The molecule has 102 valence electrons. The molecule has 0 amide bonds. The SMILES string of the molecule is CCCNCc1cccc(COCC(F)(F)F)n1. The summed E-state index contributed by atoms with van der Waals surface area (Å²) in [5.74, 6) is 0. The minimum Gasteiger partial charge on any atom is -0.366 e. The van der Waals surface area contributed by atoms with Gasteiger partial charge in [0.05, 0.1) is 18.0 Å². The van der Waals surface area contributed by atoms with Crippen molar-refractivity contribution in [2.75, 3.05) is 13.2 Å². The molecule has 1 heterocycles. The number of rotatable bonds is 7. The summed E-state index contributed by atoms with van der Waals surface area (Å²) in [5, 5.41) is 3.18. The highest BCUT2D eigenvalue weighted by atomic mass is 19.4.